The van der Waals surface area contributed by atoms with Crippen molar-refractivity contribution in [3.05, 3.63) is 0 Å². The Bertz CT molecular complexity index is 295. The van der Waals surface area contributed by atoms with Crippen LogP contribution in [-0.4, -0.2) is 24.5 Å². The van der Waals surface area contributed by atoms with Crippen LogP contribution in [-0.2, 0) is 9.53 Å². The lowest BCUT2D eigenvalue weighted by molar-refractivity contribution is -0.146. The quantitative estimate of drug-likeness (QED) is 0.599. The fourth-order valence-electron chi connectivity index (χ4n) is 2.38. The van der Waals surface area contributed by atoms with Crippen molar-refractivity contribution in [2.45, 2.75) is 52.5 Å². The maximum atomic E-state index is 11.8. The number of amidine groups is 1. The summed E-state index contributed by atoms with van der Waals surface area (Å²) < 4.78 is 5.04. The van der Waals surface area contributed by atoms with E-state index in [-0.39, 0.29) is 36.3 Å². The molecular weight excluding hydrogens is 252 g/mol. The number of hydrogen-bond acceptors (Lipinski definition) is 4. The molecule has 1 aliphatic rings. The van der Waals surface area contributed by atoms with Gasteiger partial charge in [-0.1, -0.05) is 33.1 Å². The van der Waals surface area contributed by atoms with Crippen molar-refractivity contribution < 1.29 is 9.53 Å². The molecule has 0 aliphatic carbocycles. The Balaban J connectivity index is 0.00000289. The SMILES string of the molecule is CCCCCC1N=C(N)C(C(=O)OCC)C1C.Cl. The number of nitrogens with two attached hydrogens (primary N) is 1. The van der Waals surface area contributed by atoms with E-state index < -0.39 is 0 Å². The standard InChI is InChI=1S/C13H24N2O2.ClH/c1-4-6-7-8-10-9(3)11(12(14)15-10)13(16)17-5-2;/h9-11H,4-8H2,1-3H3,(H2,14,15);1H. The number of carbonyl (C=O) groups is 1. The summed E-state index contributed by atoms with van der Waals surface area (Å²) in [6, 6.07) is 0.191. The summed E-state index contributed by atoms with van der Waals surface area (Å²) in [6.07, 6.45) is 4.58. The van der Waals surface area contributed by atoms with Gasteiger partial charge in [0.05, 0.1) is 12.6 Å². The van der Waals surface area contributed by atoms with Gasteiger partial charge < -0.3 is 10.5 Å². The zero-order valence-electron chi connectivity index (χ0n) is 11.5. The Labute approximate surface area is 116 Å². The smallest absolute Gasteiger partial charge is 0.316 e. The van der Waals surface area contributed by atoms with Gasteiger partial charge in [0.25, 0.3) is 0 Å². The Morgan fingerprint density at radius 1 is 1.39 bits per heavy atom. The van der Waals surface area contributed by atoms with E-state index in [1.54, 1.807) is 0 Å². The number of aliphatic imine (C=N–C) groups is 1. The predicted octanol–water partition coefficient (Wildman–Crippen LogP) is 2.54. The second kappa shape index (κ2) is 8.35. The summed E-state index contributed by atoms with van der Waals surface area (Å²) in [5, 5.41) is 0. The van der Waals surface area contributed by atoms with Gasteiger partial charge in [0.2, 0.25) is 0 Å². The summed E-state index contributed by atoms with van der Waals surface area (Å²) in [5.41, 5.74) is 5.84. The molecule has 3 atom stereocenters. The average Bonchev–Trinajstić information content (AvgIpc) is 2.55. The van der Waals surface area contributed by atoms with Gasteiger partial charge in [-0.05, 0) is 19.3 Å². The van der Waals surface area contributed by atoms with E-state index in [0.29, 0.717) is 12.4 Å². The lowest BCUT2D eigenvalue weighted by Gasteiger charge is -2.18. The maximum Gasteiger partial charge on any atom is 0.316 e. The molecule has 3 unspecified atom stereocenters. The molecule has 18 heavy (non-hydrogen) atoms. The van der Waals surface area contributed by atoms with Crippen molar-refractivity contribution in [3.63, 3.8) is 0 Å². The molecule has 0 spiro atoms. The highest BCUT2D eigenvalue weighted by atomic mass is 35.5. The van der Waals surface area contributed by atoms with Crippen LogP contribution in [0, 0.1) is 11.8 Å². The van der Waals surface area contributed by atoms with Gasteiger partial charge >= 0.3 is 5.97 Å². The third-order valence-electron chi connectivity index (χ3n) is 3.41. The van der Waals surface area contributed by atoms with Gasteiger partial charge in [-0.3, -0.25) is 9.79 Å². The van der Waals surface area contributed by atoms with Crippen molar-refractivity contribution in [2.75, 3.05) is 6.61 Å². The number of esters is 1. The largest absolute Gasteiger partial charge is 0.465 e. The minimum absolute atomic E-state index is 0. The van der Waals surface area contributed by atoms with Crippen LogP contribution < -0.4 is 5.73 Å². The molecule has 0 fully saturated rings. The van der Waals surface area contributed by atoms with E-state index in [2.05, 4.69) is 11.9 Å². The van der Waals surface area contributed by atoms with Gasteiger partial charge in [0.15, 0.2) is 0 Å². The van der Waals surface area contributed by atoms with E-state index in [9.17, 15) is 4.79 Å². The molecule has 0 aromatic carbocycles. The summed E-state index contributed by atoms with van der Waals surface area (Å²) in [5.74, 6) is 0.0733. The normalized spacial score (nSPS) is 26.4. The molecular formula is C13H25ClN2O2. The zero-order valence-corrected chi connectivity index (χ0v) is 12.3. The van der Waals surface area contributed by atoms with Crippen LogP contribution in [0.25, 0.3) is 0 Å². The van der Waals surface area contributed by atoms with Crippen LogP contribution >= 0.6 is 12.4 Å². The van der Waals surface area contributed by atoms with Crippen LogP contribution in [0.4, 0.5) is 0 Å². The second-order valence-electron chi connectivity index (χ2n) is 4.71. The lowest BCUT2D eigenvalue weighted by Crippen LogP contribution is -2.34. The zero-order chi connectivity index (χ0) is 12.8. The molecule has 2 N–H and O–H groups in total. The summed E-state index contributed by atoms with van der Waals surface area (Å²) in [7, 11) is 0. The molecule has 0 aromatic heterocycles. The number of ether oxygens (including phenoxy) is 1. The van der Waals surface area contributed by atoms with Crippen molar-refractivity contribution in [3.8, 4) is 0 Å². The Hall–Kier alpha value is -0.770. The van der Waals surface area contributed by atoms with E-state index in [1.807, 2.05) is 13.8 Å². The monoisotopic (exact) mass is 276 g/mol. The molecule has 0 radical (unpaired) electrons. The first kappa shape index (κ1) is 17.2. The number of carbonyl (C=O) groups excluding carboxylic acids is 1. The highest BCUT2D eigenvalue weighted by Gasteiger charge is 2.39. The number of halogens is 1. The molecule has 5 heteroatoms. The van der Waals surface area contributed by atoms with Gasteiger partial charge in [0.1, 0.15) is 11.8 Å². The molecule has 0 bridgehead atoms. The number of nitrogens with zero attached hydrogens (tertiary/aromatic N) is 1. The Morgan fingerprint density at radius 3 is 2.61 bits per heavy atom. The van der Waals surface area contributed by atoms with E-state index in [4.69, 9.17) is 10.5 Å². The lowest BCUT2D eigenvalue weighted by atomic mass is 9.88. The minimum Gasteiger partial charge on any atom is -0.465 e. The fraction of sp³-hybridized carbons (Fsp3) is 0.846. The molecule has 0 saturated carbocycles. The second-order valence-corrected chi connectivity index (χ2v) is 4.71. The third kappa shape index (κ3) is 4.16. The molecule has 0 aromatic rings. The average molecular weight is 277 g/mol. The molecule has 0 amide bonds. The van der Waals surface area contributed by atoms with E-state index >= 15 is 0 Å². The van der Waals surface area contributed by atoms with Crippen molar-refractivity contribution in [1.82, 2.24) is 0 Å². The van der Waals surface area contributed by atoms with Gasteiger partial charge in [-0.15, -0.1) is 12.4 Å². The van der Waals surface area contributed by atoms with E-state index in [0.717, 1.165) is 12.8 Å². The summed E-state index contributed by atoms with van der Waals surface area (Å²) in [4.78, 5) is 16.2. The van der Waals surface area contributed by atoms with Crippen LogP contribution in [0.1, 0.15) is 46.5 Å². The fourth-order valence-corrected chi connectivity index (χ4v) is 2.38. The molecule has 0 saturated heterocycles. The number of hydrogen-bond donors (Lipinski definition) is 1. The van der Waals surface area contributed by atoms with Crippen molar-refractivity contribution in [1.29, 1.82) is 0 Å². The van der Waals surface area contributed by atoms with Crippen LogP contribution in [0.2, 0.25) is 0 Å². The molecule has 106 valence electrons. The van der Waals surface area contributed by atoms with Gasteiger partial charge in [-0.2, -0.15) is 0 Å². The number of unbranched alkanes of at least 4 members (excludes halogenated alkanes) is 2. The molecule has 4 nitrogen and oxygen atoms in total. The highest BCUT2D eigenvalue weighted by Crippen LogP contribution is 2.30. The van der Waals surface area contributed by atoms with Gasteiger partial charge in [0, 0.05) is 0 Å². The minimum atomic E-state index is -0.332. The highest BCUT2D eigenvalue weighted by molar-refractivity contribution is 6.01. The Kier molecular flexibility index (Phi) is 8.00. The predicted molar refractivity (Wildman–Crippen MR) is 76.1 cm³/mol. The van der Waals surface area contributed by atoms with Crippen molar-refractivity contribution >= 4 is 24.2 Å². The first-order valence-corrected chi connectivity index (χ1v) is 6.61. The number of rotatable bonds is 6. The summed E-state index contributed by atoms with van der Waals surface area (Å²) >= 11 is 0. The van der Waals surface area contributed by atoms with Gasteiger partial charge in [-0.25, -0.2) is 0 Å². The third-order valence-corrected chi connectivity index (χ3v) is 3.41. The summed E-state index contributed by atoms with van der Waals surface area (Å²) in [6.45, 7) is 6.43. The van der Waals surface area contributed by atoms with Crippen molar-refractivity contribution in [2.24, 2.45) is 22.6 Å². The van der Waals surface area contributed by atoms with Crippen LogP contribution in [0.5, 0.6) is 0 Å². The maximum absolute atomic E-state index is 11.8. The molecule has 1 aliphatic heterocycles. The first-order chi connectivity index (χ1) is 8.11. The van der Waals surface area contributed by atoms with Crippen LogP contribution in [0.3, 0.4) is 0 Å². The molecule has 1 rings (SSSR count). The van der Waals surface area contributed by atoms with E-state index in [1.165, 1.54) is 12.8 Å². The Morgan fingerprint density at radius 2 is 2.06 bits per heavy atom. The first-order valence-electron chi connectivity index (χ1n) is 6.61. The molecule has 1 heterocycles. The van der Waals surface area contributed by atoms with Crippen LogP contribution in [0.15, 0.2) is 4.99 Å². The topological polar surface area (TPSA) is 64.7 Å².